The molecule has 4 aromatic carbocycles. The molecule has 0 heterocycles. The van der Waals surface area contributed by atoms with Gasteiger partial charge < -0.3 is 14.6 Å². The zero-order valence-electron chi connectivity index (χ0n) is 18.8. The molecular weight excluding hydrogens is 572 g/mol. The van der Waals surface area contributed by atoms with Crippen LogP contribution < -0.4 is 9.47 Å². The molecular formula is C29H30Br2O4. The number of rotatable bonds is 6. The number of aliphatic hydroxyl groups is 1. The molecule has 0 fully saturated rings. The first-order chi connectivity index (χ1) is 16.4. The number of hydrogen-bond donors (Lipinski definition) is 1. The van der Waals surface area contributed by atoms with Gasteiger partial charge >= 0.3 is 0 Å². The van der Waals surface area contributed by atoms with Crippen molar-refractivity contribution in [1.82, 2.24) is 0 Å². The lowest BCUT2D eigenvalue weighted by molar-refractivity contribution is 0.112. The van der Waals surface area contributed by atoms with Gasteiger partial charge in [-0.05, 0) is 80.1 Å². The van der Waals surface area contributed by atoms with Crippen LogP contribution in [0.2, 0.25) is 0 Å². The van der Waals surface area contributed by atoms with Crippen LogP contribution in [-0.4, -0.2) is 11.4 Å². The summed E-state index contributed by atoms with van der Waals surface area (Å²) in [6.07, 6.45) is 0.798. The molecule has 0 aliphatic heterocycles. The number of ether oxygens (including phenoxy) is 2. The number of carbonyl (C=O) groups is 1. The summed E-state index contributed by atoms with van der Waals surface area (Å²) in [5.74, 6) is 2.93. The van der Waals surface area contributed by atoms with E-state index in [1.54, 1.807) is 12.1 Å². The number of benzene rings is 4. The molecule has 4 rings (SSSR count). The third-order valence-corrected chi connectivity index (χ3v) is 6.29. The minimum atomic E-state index is -0.00825. The van der Waals surface area contributed by atoms with Crippen molar-refractivity contribution in [3.63, 3.8) is 0 Å². The van der Waals surface area contributed by atoms with Crippen molar-refractivity contribution < 1.29 is 20.8 Å². The molecule has 0 radical (unpaired) electrons. The Bertz CT molecular complexity index is 1240. The standard InChI is InChI=1S/C14H13BrO2.C14H11BrO2.CH4.H2/c2*1-10-2-4-12(5-3-10)17-13-6-7-14(15)11(8-13)9-16;;/h2-8,16H,9H2,1H3;2-9H,1H3;1H4;1H/i;;;1+1. The van der Waals surface area contributed by atoms with Crippen molar-refractivity contribution in [3.05, 3.63) is 116 Å². The average Bonchev–Trinajstić information content (AvgIpc) is 2.85. The molecule has 1 N–H and O–H groups in total. The van der Waals surface area contributed by atoms with E-state index >= 15 is 0 Å². The van der Waals surface area contributed by atoms with E-state index in [4.69, 9.17) is 14.6 Å². The third-order valence-electron chi connectivity index (χ3n) is 4.80. The average molecular weight is 603 g/mol. The zero-order valence-corrected chi connectivity index (χ0v) is 22.0. The normalized spacial score (nSPS) is 9.86. The van der Waals surface area contributed by atoms with Crippen molar-refractivity contribution in [1.29, 1.82) is 0 Å². The van der Waals surface area contributed by atoms with E-state index in [1.807, 2.05) is 86.6 Å². The van der Waals surface area contributed by atoms with Gasteiger partial charge in [0.25, 0.3) is 0 Å². The number of aliphatic hydroxyl groups excluding tert-OH is 1. The van der Waals surface area contributed by atoms with E-state index in [1.165, 1.54) is 11.1 Å². The van der Waals surface area contributed by atoms with E-state index in [0.29, 0.717) is 11.3 Å². The summed E-state index contributed by atoms with van der Waals surface area (Å²) in [6.45, 7) is 4.05. The van der Waals surface area contributed by atoms with E-state index in [2.05, 4.69) is 31.9 Å². The highest BCUT2D eigenvalue weighted by Gasteiger charge is 2.04. The van der Waals surface area contributed by atoms with Crippen LogP contribution in [0.25, 0.3) is 0 Å². The Balaban J connectivity index is 0.000000341. The van der Waals surface area contributed by atoms with E-state index in [0.717, 1.165) is 38.0 Å². The van der Waals surface area contributed by atoms with Crippen molar-refractivity contribution in [2.45, 2.75) is 27.9 Å². The molecule has 0 saturated heterocycles. The first-order valence-electron chi connectivity index (χ1n) is 10.5. The van der Waals surface area contributed by atoms with Crippen LogP contribution in [0.3, 0.4) is 0 Å². The molecule has 0 spiro atoms. The molecule has 0 aromatic heterocycles. The third kappa shape index (κ3) is 8.66. The Kier molecular flexibility index (Phi) is 11.2. The van der Waals surface area contributed by atoms with Gasteiger partial charge in [0.15, 0.2) is 6.29 Å². The first kappa shape index (κ1) is 28.3. The highest BCUT2D eigenvalue weighted by atomic mass is 79.9. The van der Waals surface area contributed by atoms with Crippen LogP contribution in [-0.2, 0) is 6.61 Å². The van der Waals surface area contributed by atoms with Crippen molar-refractivity contribution in [2.24, 2.45) is 0 Å². The highest BCUT2D eigenvalue weighted by molar-refractivity contribution is 9.10. The molecule has 0 aliphatic rings. The molecule has 0 aliphatic carbocycles. The van der Waals surface area contributed by atoms with Gasteiger partial charge in [-0.25, -0.2) is 0 Å². The zero-order chi connectivity index (χ0) is 24.5. The van der Waals surface area contributed by atoms with Crippen LogP contribution in [0.15, 0.2) is 93.9 Å². The van der Waals surface area contributed by atoms with Gasteiger partial charge in [0.1, 0.15) is 23.0 Å². The Morgan fingerprint density at radius 1 is 0.714 bits per heavy atom. The van der Waals surface area contributed by atoms with E-state index in [9.17, 15) is 4.79 Å². The number of carbonyl (C=O) groups excluding carboxylic acids is 1. The topological polar surface area (TPSA) is 55.8 Å². The van der Waals surface area contributed by atoms with E-state index in [-0.39, 0.29) is 15.5 Å². The summed E-state index contributed by atoms with van der Waals surface area (Å²) in [6, 6.07) is 26.5. The fourth-order valence-electron chi connectivity index (χ4n) is 2.90. The van der Waals surface area contributed by atoms with Gasteiger partial charge in [0.05, 0.1) is 6.61 Å². The summed E-state index contributed by atoms with van der Waals surface area (Å²) in [5, 5.41) is 9.16. The maximum atomic E-state index is 10.8. The van der Waals surface area contributed by atoms with Crippen LogP contribution in [0.5, 0.6) is 23.0 Å². The van der Waals surface area contributed by atoms with Gasteiger partial charge in [-0.3, -0.25) is 4.79 Å². The van der Waals surface area contributed by atoms with Crippen LogP contribution in [0.4, 0.5) is 0 Å². The quantitative estimate of drug-likeness (QED) is 0.223. The van der Waals surface area contributed by atoms with Gasteiger partial charge in [-0.2, -0.15) is 0 Å². The summed E-state index contributed by atoms with van der Waals surface area (Å²) in [5.41, 5.74) is 3.77. The summed E-state index contributed by atoms with van der Waals surface area (Å²) in [4.78, 5) is 10.8. The van der Waals surface area contributed by atoms with Crippen LogP contribution >= 0.6 is 31.9 Å². The van der Waals surface area contributed by atoms with Crippen molar-refractivity contribution in [2.75, 3.05) is 0 Å². The van der Waals surface area contributed by atoms with E-state index < -0.39 is 0 Å². The van der Waals surface area contributed by atoms with Gasteiger partial charge in [0.2, 0.25) is 0 Å². The molecule has 4 aromatic rings. The lowest BCUT2D eigenvalue weighted by atomic mass is 10.2. The highest BCUT2D eigenvalue weighted by Crippen LogP contribution is 2.27. The molecule has 35 heavy (non-hydrogen) atoms. The molecule has 6 heteroatoms. The fourth-order valence-corrected chi connectivity index (χ4v) is 3.61. The SMILES string of the molecule is C.Cc1ccc(Oc2ccc(Br)c(C=O)c2)cc1.Cc1ccc(Oc2ccc(Br)c(CO)c2)cc1.[2HH]. The second-order valence-corrected chi connectivity index (χ2v) is 9.25. The summed E-state index contributed by atoms with van der Waals surface area (Å²) >= 11 is 6.67. The first-order valence-corrected chi connectivity index (χ1v) is 12.1. The smallest absolute Gasteiger partial charge is 0.151 e. The Morgan fingerprint density at radius 2 is 1.14 bits per heavy atom. The molecule has 0 saturated carbocycles. The van der Waals surface area contributed by atoms with Gasteiger partial charge in [0, 0.05) is 15.9 Å². The second kappa shape index (κ2) is 13.8. The summed E-state index contributed by atoms with van der Waals surface area (Å²) < 4.78 is 13.0. The van der Waals surface area contributed by atoms with Crippen LogP contribution in [0.1, 0.15) is 35.9 Å². The maximum Gasteiger partial charge on any atom is 0.151 e. The maximum absolute atomic E-state index is 10.8. The van der Waals surface area contributed by atoms with Gasteiger partial charge in [-0.1, -0.05) is 74.7 Å². The summed E-state index contributed by atoms with van der Waals surface area (Å²) in [7, 11) is 0. The van der Waals surface area contributed by atoms with Crippen molar-refractivity contribution in [3.8, 4) is 23.0 Å². The number of aldehydes is 1. The molecule has 0 bridgehead atoms. The Hall–Kier alpha value is -2.93. The van der Waals surface area contributed by atoms with Crippen molar-refractivity contribution >= 4 is 38.1 Å². The predicted octanol–water partition coefficient (Wildman–Crippen LogP) is 9.29. The second-order valence-electron chi connectivity index (χ2n) is 7.54. The lowest BCUT2D eigenvalue weighted by Gasteiger charge is -2.08. The minimum absolute atomic E-state index is 0. The fraction of sp³-hybridized carbons (Fsp3) is 0.138. The molecule has 4 nitrogen and oxygen atoms in total. The number of aryl methyl sites for hydroxylation is 2. The van der Waals surface area contributed by atoms with Crippen LogP contribution in [0, 0.1) is 13.8 Å². The monoisotopic (exact) mass is 601 g/mol. The predicted molar refractivity (Wildman–Crippen MR) is 151 cm³/mol. The molecule has 0 amide bonds. The number of hydrogen-bond acceptors (Lipinski definition) is 4. The van der Waals surface area contributed by atoms with Gasteiger partial charge in [-0.15, -0.1) is 0 Å². The Morgan fingerprint density at radius 3 is 1.60 bits per heavy atom. The lowest BCUT2D eigenvalue weighted by Crippen LogP contribution is -1.89. The molecule has 0 atom stereocenters. The number of halogens is 2. The minimum Gasteiger partial charge on any atom is -0.457 e. The molecule has 0 unspecified atom stereocenters. The Labute approximate surface area is 225 Å². The molecule has 184 valence electrons. The largest absolute Gasteiger partial charge is 0.457 e.